The van der Waals surface area contributed by atoms with Gasteiger partial charge in [0.1, 0.15) is 0 Å². The summed E-state index contributed by atoms with van der Waals surface area (Å²) in [7, 11) is 0. The van der Waals surface area contributed by atoms with Gasteiger partial charge in [-0.3, -0.25) is 4.98 Å². The molecule has 3 nitrogen and oxygen atoms in total. The molecule has 0 aliphatic heterocycles. The summed E-state index contributed by atoms with van der Waals surface area (Å²) >= 11 is 0. The van der Waals surface area contributed by atoms with E-state index in [0.717, 1.165) is 0 Å². The monoisotopic (exact) mass is 197 g/mol. The molecule has 5 heteroatoms. The predicted octanol–water partition coefficient (Wildman–Crippen LogP) is 1.98. The van der Waals surface area contributed by atoms with E-state index in [0.29, 0.717) is 11.3 Å². The number of nitrogens with zero attached hydrogens (tertiary/aromatic N) is 2. The van der Waals surface area contributed by atoms with Crippen molar-refractivity contribution in [2.75, 3.05) is 5.73 Å². The molecule has 0 aliphatic carbocycles. The summed E-state index contributed by atoms with van der Waals surface area (Å²) in [5.41, 5.74) is 5.78. The molecule has 0 saturated heterocycles. The molecule has 2 N–H and O–H groups in total. The van der Waals surface area contributed by atoms with Gasteiger partial charge < -0.3 is 5.73 Å². The number of nitriles is 1. The molecular formula is C9H9F2N3. The number of nitrogen functional groups attached to an aromatic ring is 1. The molecule has 1 aromatic rings. The number of nitrogens with two attached hydrogens (primary N) is 1. The molecule has 0 aromatic carbocycles. The quantitative estimate of drug-likeness (QED) is 0.788. The van der Waals surface area contributed by atoms with Crippen LogP contribution in [-0.4, -0.2) is 4.98 Å². The standard InChI is InChI=1S/C9H9F2N3/c1-5-7(2-3-12)14-4-6(13)8(5)9(10)11/h4,9H,2,13H2,1H3. The van der Waals surface area contributed by atoms with Crippen molar-refractivity contribution in [2.24, 2.45) is 0 Å². The van der Waals surface area contributed by atoms with Crippen molar-refractivity contribution < 1.29 is 8.78 Å². The maximum absolute atomic E-state index is 12.5. The van der Waals surface area contributed by atoms with Crippen LogP contribution in [0.15, 0.2) is 6.20 Å². The average Bonchev–Trinajstić information content (AvgIpc) is 2.10. The zero-order valence-corrected chi connectivity index (χ0v) is 7.59. The molecule has 0 amide bonds. The van der Waals surface area contributed by atoms with Crippen LogP contribution in [0.1, 0.15) is 23.2 Å². The minimum atomic E-state index is -2.63. The van der Waals surface area contributed by atoms with Gasteiger partial charge in [-0.1, -0.05) is 0 Å². The Morgan fingerprint density at radius 2 is 2.29 bits per heavy atom. The average molecular weight is 197 g/mol. The maximum Gasteiger partial charge on any atom is 0.266 e. The van der Waals surface area contributed by atoms with Gasteiger partial charge in [0, 0.05) is 5.56 Å². The minimum Gasteiger partial charge on any atom is -0.397 e. The topological polar surface area (TPSA) is 62.7 Å². The molecule has 0 radical (unpaired) electrons. The van der Waals surface area contributed by atoms with Crippen molar-refractivity contribution in [2.45, 2.75) is 19.8 Å². The van der Waals surface area contributed by atoms with E-state index in [2.05, 4.69) is 4.98 Å². The van der Waals surface area contributed by atoms with E-state index in [1.807, 2.05) is 6.07 Å². The minimum absolute atomic E-state index is 0.0197. The van der Waals surface area contributed by atoms with Gasteiger partial charge in [-0.25, -0.2) is 8.78 Å². The Hall–Kier alpha value is -1.70. The lowest BCUT2D eigenvalue weighted by atomic mass is 10.1. The van der Waals surface area contributed by atoms with Crippen molar-refractivity contribution in [3.8, 4) is 6.07 Å². The van der Waals surface area contributed by atoms with Gasteiger partial charge in [-0.2, -0.15) is 5.26 Å². The Bertz CT molecular complexity index is 382. The van der Waals surface area contributed by atoms with Crippen LogP contribution in [0.25, 0.3) is 0 Å². The van der Waals surface area contributed by atoms with E-state index >= 15 is 0 Å². The molecule has 0 unspecified atom stereocenters. The largest absolute Gasteiger partial charge is 0.397 e. The number of aromatic nitrogens is 1. The van der Waals surface area contributed by atoms with E-state index in [-0.39, 0.29) is 17.7 Å². The van der Waals surface area contributed by atoms with E-state index < -0.39 is 6.43 Å². The van der Waals surface area contributed by atoms with Gasteiger partial charge in [-0.15, -0.1) is 0 Å². The highest BCUT2D eigenvalue weighted by Gasteiger charge is 2.17. The molecule has 74 valence electrons. The Morgan fingerprint density at radius 3 is 2.79 bits per heavy atom. The number of halogens is 2. The Kier molecular flexibility index (Phi) is 2.97. The van der Waals surface area contributed by atoms with Gasteiger partial charge in [0.25, 0.3) is 6.43 Å². The molecule has 0 aliphatic rings. The predicted molar refractivity (Wildman–Crippen MR) is 47.7 cm³/mol. The van der Waals surface area contributed by atoms with Crippen molar-refractivity contribution in [3.63, 3.8) is 0 Å². The van der Waals surface area contributed by atoms with Crippen LogP contribution in [0, 0.1) is 18.3 Å². The van der Waals surface area contributed by atoms with Gasteiger partial charge >= 0.3 is 0 Å². The third-order valence-electron chi connectivity index (χ3n) is 1.97. The zero-order valence-electron chi connectivity index (χ0n) is 7.59. The Balaban J connectivity index is 3.28. The highest BCUT2D eigenvalue weighted by atomic mass is 19.3. The van der Waals surface area contributed by atoms with Crippen LogP contribution in [0.4, 0.5) is 14.5 Å². The van der Waals surface area contributed by atoms with Crippen LogP contribution in [0.3, 0.4) is 0 Å². The lowest BCUT2D eigenvalue weighted by molar-refractivity contribution is 0.151. The highest BCUT2D eigenvalue weighted by molar-refractivity contribution is 5.51. The maximum atomic E-state index is 12.5. The summed E-state index contributed by atoms with van der Waals surface area (Å²) in [6.45, 7) is 1.50. The summed E-state index contributed by atoms with van der Waals surface area (Å²) in [5.74, 6) is 0. The molecular weight excluding hydrogens is 188 g/mol. The van der Waals surface area contributed by atoms with Crippen molar-refractivity contribution in [3.05, 3.63) is 23.0 Å². The number of hydrogen-bond donors (Lipinski definition) is 1. The third-order valence-corrected chi connectivity index (χ3v) is 1.97. The summed E-state index contributed by atoms with van der Waals surface area (Å²) in [4.78, 5) is 3.83. The second-order valence-electron chi connectivity index (χ2n) is 2.83. The van der Waals surface area contributed by atoms with E-state index in [4.69, 9.17) is 11.0 Å². The fraction of sp³-hybridized carbons (Fsp3) is 0.333. The first kappa shape index (κ1) is 10.4. The third kappa shape index (κ3) is 1.79. The molecule has 0 spiro atoms. The van der Waals surface area contributed by atoms with Crippen LogP contribution >= 0.6 is 0 Å². The molecule has 1 aromatic heterocycles. The lowest BCUT2D eigenvalue weighted by Gasteiger charge is -2.10. The summed E-state index contributed by atoms with van der Waals surface area (Å²) in [6, 6.07) is 1.86. The fourth-order valence-electron chi connectivity index (χ4n) is 1.23. The number of hydrogen-bond acceptors (Lipinski definition) is 3. The van der Waals surface area contributed by atoms with E-state index in [1.54, 1.807) is 0 Å². The first-order chi connectivity index (χ1) is 6.57. The second-order valence-corrected chi connectivity index (χ2v) is 2.83. The zero-order chi connectivity index (χ0) is 10.7. The van der Waals surface area contributed by atoms with Gasteiger partial charge in [0.2, 0.25) is 0 Å². The van der Waals surface area contributed by atoms with E-state index in [1.165, 1.54) is 13.1 Å². The van der Waals surface area contributed by atoms with Gasteiger partial charge in [0.15, 0.2) is 0 Å². The number of rotatable bonds is 2. The molecule has 14 heavy (non-hydrogen) atoms. The van der Waals surface area contributed by atoms with Crippen LogP contribution in [0.2, 0.25) is 0 Å². The number of pyridine rings is 1. The summed E-state index contributed by atoms with van der Waals surface area (Å²) in [6.07, 6.45) is -1.44. The van der Waals surface area contributed by atoms with E-state index in [9.17, 15) is 8.78 Å². The molecule has 0 atom stereocenters. The molecule has 1 heterocycles. The molecule has 0 bridgehead atoms. The second kappa shape index (κ2) is 4.01. The molecule has 0 saturated carbocycles. The van der Waals surface area contributed by atoms with Crippen LogP contribution < -0.4 is 5.73 Å². The normalized spacial score (nSPS) is 10.2. The lowest BCUT2D eigenvalue weighted by Crippen LogP contribution is -2.04. The number of alkyl halides is 2. The van der Waals surface area contributed by atoms with Gasteiger partial charge in [-0.05, 0) is 12.5 Å². The Labute approximate surface area is 80.2 Å². The van der Waals surface area contributed by atoms with Crippen molar-refractivity contribution in [1.82, 2.24) is 4.98 Å². The first-order valence-electron chi connectivity index (χ1n) is 3.96. The fourth-order valence-corrected chi connectivity index (χ4v) is 1.23. The first-order valence-corrected chi connectivity index (χ1v) is 3.96. The number of anilines is 1. The highest BCUT2D eigenvalue weighted by Crippen LogP contribution is 2.29. The van der Waals surface area contributed by atoms with Crippen molar-refractivity contribution >= 4 is 5.69 Å². The van der Waals surface area contributed by atoms with Crippen LogP contribution in [-0.2, 0) is 6.42 Å². The van der Waals surface area contributed by atoms with Crippen LogP contribution in [0.5, 0.6) is 0 Å². The summed E-state index contributed by atoms with van der Waals surface area (Å²) < 4.78 is 25.0. The smallest absolute Gasteiger partial charge is 0.266 e. The van der Waals surface area contributed by atoms with Gasteiger partial charge in [0.05, 0.1) is 30.1 Å². The SMILES string of the molecule is Cc1c(CC#N)ncc(N)c1C(F)F. The Morgan fingerprint density at radius 1 is 1.64 bits per heavy atom. The summed E-state index contributed by atoms with van der Waals surface area (Å²) in [5, 5.41) is 8.43. The molecule has 1 rings (SSSR count). The van der Waals surface area contributed by atoms with Crippen molar-refractivity contribution in [1.29, 1.82) is 5.26 Å². The molecule has 0 fully saturated rings.